The van der Waals surface area contributed by atoms with Crippen molar-refractivity contribution in [3.05, 3.63) is 81.1 Å². The quantitative estimate of drug-likeness (QED) is 0.482. The van der Waals surface area contributed by atoms with E-state index in [1.807, 2.05) is 6.92 Å². The zero-order valence-electron chi connectivity index (χ0n) is 15.3. The summed E-state index contributed by atoms with van der Waals surface area (Å²) in [6.45, 7) is 3.54. The molecule has 1 aliphatic rings. The van der Waals surface area contributed by atoms with Crippen molar-refractivity contribution in [2.45, 2.75) is 19.9 Å². The highest BCUT2D eigenvalue weighted by atomic mass is 16.6. The lowest BCUT2D eigenvalue weighted by molar-refractivity contribution is -0.384. The number of hydrogen-bond acceptors (Lipinski definition) is 6. The van der Waals surface area contributed by atoms with Gasteiger partial charge in [0.2, 0.25) is 0 Å². The Hall–Kier alpha value is -3.68. The van der Waals surface area contributed by atoms with E-state index >= 15 is 0 Å². The maximum Gasteiger partial charge on any atom is 0.340 e. The summed E-state index contributed by atoms with van der Waals surface area (Å²) in [7, 11) is 0. The third-order valence-electron chi connectivity index (χ3n) is 4.41. The van der Waals surface area contributed by atoms with Crippen LogP contribution in [-0.4, -0.2) is 28.5 Å². The van der Waals surface area contributed by atoms with Crippen molar-refractivity contribution in [1.29, 1.82) is 0 Å². The summed E-state index contributed by atoms with van der Waals surface area (Å²) >= 11 is 0. The number of nitro groups is 1. The second kappa shape index (κ2) is 7.51. The minimum atomic E-state index is -1.05. The molecule has 0 fully saturated rings. The zero-order valence-corrected chi connectivity index (χ0v) is 15.3. The second-order valence-electron chi connectivity index (χ2n) is 6.25. The molecule has 2 aromatic carbocycles. The summed E-state index contributed by atoms with van der Waals surface area (Å²) in [5.41, 5.74) is 1.29. The van der Waals surface area contributed by atoms with Crippen LogP contribution in [0.5, 0.6) is 0 Å². The highest BCUT2D eigenvalue weighted by Gasteiger charge is 2.45. The van der Waals surface area contributed by atoms with E-state index in [-0.39, 0.29) is 17.9 Å². The standard InChI is InChI=1S/C20H18N2O6/c1-3-28-20(25)16-17(13-5-4-6-15(11-13)22(26)27)21(19(24)18(16)23)14-9-7-12(2)8-10-14/h4-11,17,23H,3H2,1-2H3. The lowest BCUT2D eigenvalue weighted by Crippen LogP contribution is -2.31. The monoisotopic (exact) mass is 382 g/mol. The number of rotatable bonds is 5. The van der Waals surface area contributed by atoms with Gasteiger partial charge in [-0.2, -0.15) is 0 Å². The number of ether oxygens (including phenoxy) is 1. The van der Waals surface area contributed by atoms with Crippen molar-refractivity contribution in [2.24, 2.45) is 0 Å². The van der Waals surface area contributed by atoms with E-state index < -0.39 is 28.6 Å². The van der Waals surface area contributed by atoms with Crippen LogP contribution in [0.25, 0.3) is 0 Å². The first-order chi connectivity index (χ1) is 13.3. The van der Waals surface area contributed by atoms with Crippen molar-refractivity contribution in [1.82, 2.24) is 0 Å². The molecule has 1 amide bonds. The number of nitro benzene ring substituents is 1. The molecular weight excluding hydrogens is 364 g/mol. The molecule has 3 rings (SSSR count). The average molecular weight is 382 g/mol. The second-order valence-corrected chi connectivity index (χ2v) is 6.25. The van der Waals surface area contributed by atoms with E-state index in [0.717, 1.165) is 5.56 Å². The van der Waals surface area contributed by atoms with E-state index in [9.17, 15) is 24.8 Å². The Morgan fingerprint density at radius 1 is 1.25 bits per heavy atom. The fourth-order valence-corrected chi connectivity index (χ4v) is 3.12. The van der Waals surface area contributed by atoms with Gasteiger partial charge in [0, 0.05) is 17.8 Å². The zero-order chi connectivity index (χ0) is 20.4. The van der Waals surface area contributed by atoms with Crippen molar-refractivity contribution in [2.75, 3.05) is 11.5 Å². The van der Waals surface area contributed by atoms with E-state index in [2.05, 4.69) is 0 Å². The van der Waals surface area contributed by atoms with Crippen molar-refractivity contribution >= 4 is 23.3 Å². The van der Waals surface area contributed by atoms with Gasteiger partial charge in [0.25, 0.3) is 11.6 Å². The molecule has 28 heavy (non-hydrogen) atoms. The number of nitrogens with zero attached hydrogens (tertiary/aromatic N) is 2. The van der Waals surface area contributed by atoms with Crippen LogP contribution in [-0.2, 0) is 14.3 Å². The fourth-order valence-electron chi connectivity index (χ4n) is 3.12. The molecule has 144 valence electrons. The Morgan fingerprint density at radius 3 is 2.54 bits per heavy atom. The van der Waals surface area contributed by atoms with E-state index in [1.54, 1.807) is 37.3 Å². The maximum absolute atomic E-state index is 12.8. The molecule has 0 aliphatic carbocycles. The average Bonchev–Trinajstić information content (AvgIpc) is 2.94. The molecule has 1 heterocycles. The molecule has 1 aliphatic heterocycles. The van der Waals surface area contributed by atoms with Gasteiger partial charge in [-0.1, -0.05) is 29.8 Å². The number of esters is 1. The highest BCUT2D eigenvalue weighted by molar-refractivity contribution is 6.15. The van der Waals surface area contributed by atoms with Gasteiger partial charge < -0.3 is 9.84 Å². The van der Waals surface area contributed by atoms with Gasteiger partial charge >= 0.3 is 5.97 Å². The van der Waals surface area contributed by atoms with Crippen molar-refractivity contribution in [3.63, 3.8) is 0 Å². The SMILES string of the molecule is CCOC(=O)C1=C(O)C(=O)N(c2ccc(C)cc2)C1c1cccc([N+](=O)[O-])c1. The highest BCUT2D eigenvalue weighted by Crippen LogP contribution is 2.41. The first-order valence-electron chi connectivity index (χ1n) is 8.60. The summed E-state index contributed by atoms with van der Waals surface area (Å²) in [6.07, 6.45) is 0. The number of non-ortho nitro benzene ring substituents is 1. The molecule has 0 saturated carbocycles. The fraction of sp³-hybridized carbons (Fsp3) is 0.200. The Balaban J connectivity index is 2.18. The maximum atomic E-state index is 12.8. The molecule has 1 atom stereocenters. The van der Waals surface area contributed by atoms with Crippen LogP contribution in [0.2, 0.25) is 0 Å². The predicted octanol–water partition coefficient (Wildman–Crippen LogP) is 3.37. The van der Waals surface area contributed by atoms with Gasteiger partial charge in [-0.25, -0.2) is 4.79 Å². The minimum Gasteiger partial charge on any atom is -0.503 e. The molecule has 0 bridgehead atoms. The summed E-state index contributed by atoms with van der Waals surface area (Å²) in [6, 6.07) is 11.5. The smallest absolute Gasteiger partial charge is 0.340 e. The lowest BCUT2D eigenvalue weighted by atomic mass is 9.98. The summed E-state index contributed by atoms with van der Waals surface area (Å²) in [4.78, 5) is 37.1. The van der Waals surface area contributed by atoms with E-state index in [4.69, 9.17) is 4.74 Å². The molecule has 1 unspecified atom stereocenters. The third-order valence-corrected chi connectivity index (χ3v) is 4.41. The number of anilines is 1. The van der Waals surface area contributed by atoms with Crippen LogP contribution < -0.4 is 4.90 Å². The number of carbonyl (C=O) groups excluding carboxylic acids is 2. The number of amides is 1. The Labute approximate surface area is 160 Å². The summed E-state index contributed by atoms with van der Waals surface area (Å²) in [5, 5.41) is 21.6. The number of benzene rings is 2. The molecule has 8 nitrogen and oxygen atoms in total. The number of aryl methyl sites for hydroxylation is 1. The van der Waals surface area contributed by atoms with Gasteiger partial charge in [0.1, 0.15) is 5.57 Å². The Kier molecular flexibility index (Phi) is 5.12. The Bertz CT molecular complexity index is 980. The third kappa shape index (κ3) is 3.32. The molecule has 0 saturated heterocycles. The van der Waals surface area contributed by atoms with Gasteiger partial charge in [0.15, 0.2) is 5.76 Å². The van der Waals surface area contributed by atoms with Crippen LogP contribution in [0.1, 0.15) is 24.1 Å². The largest absolute Gasteiger partial charge is 0.503 e. The topological polar surface area (TPSA) is 110 Å². The minimum absolute atomic E-state index is 0.0516. The van der Waals surface area contributed by atoms with Gasteiger partial charge in [-0.05, 0) is 31.5 Å². The van der Waals surface area contributed by atoms with Crippen LogP contribution in [0.4, 0.5) is 11.4 Å². The first kappa shape index (κ1) is 19.1. The number of aliphatic hydroxyl groups is 1. The Morgan fingerprint density at radius 2 is 1.93 bits per heavy atom. The number of carbonyl (C=O) groups is 2. The van der Waals surface area contributed by atoms with Crippen LogP contribution in [0.3, 0.4) is 0 Å². The van der Waals surface area contributed by atoms with Crippen molar-refractivity contribution < 1.29 is 24.4 Å². The van der Waals surface area contributed by atoms with Crippen LogP contribution in [0.15, 0.2) is 59.9 Å². The molecule has 0 aromatic heterocycles. The first-order valence-corrected chi connectivity index (χ1v) is 8.60. The molecule has 8 heteroatoms. The molecule has 0 radical (unpaired) electrons. The molecular formula is C20H18N2O6. The summed E-state index contributed by atoms with van der Waals surface area (Å²) in [5.74, 6) is -2.35. The summed E-state index contributed by atoms with van der Waals surface area (Å²) < 4.78 is 5.01. The van der Waals surface area contributed by atoms with Gasteiger partial charge in [-0.15, -0.1) is 0 Å². The van der Waals surface area contributed by atoms with Gasteiger partial charge in [-0.3, -0.25) is 19.8 Å². The number of hydrogen-bond donors (Lipinski definition) is 1. The predicted molar refractivity (Wildman–Crippen MR) is 101 cm³/mol. The van der Waals surface area contributed by atoms with Crippen LogP contribution >= 0.6 is 0 Å². The van der Waals surface area contributed by atoms with Gasteiger partial charge in [0.05, 0.1) is 17.6 Å². The molecule has 2 aromatic rings. The molecule has 0 spiro atoms. The van der Waals surface area contributed by atoms with E-state index in [1.165, 1.54) is 23.1 Å². The lowest BCUT2D eigenvalue weighted by Gasteiger charge is -2.26. The molecule has 1 N–H and O–H groups in total. The van der Waals surface area contributed by atoms with E-state index in [0.29, 0.717) is 11.3 Å². The van der Waals surface area contributed by atoms with Crippen molar-refractivity contribution in [3.8, 4) is 0 Å². The van der Waals surface area contributed by atoms with Crippen LogP contribution in [0, 0.1) is 17.0 Å². The normalized spacial score (nSPS) is 16.4. The number of aliphatic hydroxyl groups excluding tert-OH is 1.